The highest BCUT2D eigenvalue weighted by Crippen LogP contribution is 2.22. The fourth-order valence-electron chi connectivity index (χ4n) is 1.70. The first-order chi connectivity index (χ1) is 9.74. The minimum atomic E-state index is 0.0631. The van der Waals surface area contributed by atoms with E-state index >= 15 is 0 Å². The van der Waals surface area contributed by atoms with Crippen molar-refractivity contribution < 1.29 is 4.74 Å². The number of rotatable bonds is 3. The van der Waals surface area contributed by atoms with E-state index in [-0.39, 0.29) is 11.3 Å². The van der Waals surface area contributed by atoms with Gasteiger partial charge in [-0.2, -0.15) is 15.0 Å². The third-order valence-electron chi connectivity index (χ3n) is 2.59. The molecule has 2 heterocycles. The number of hydrogen-bond acceptors (Lipinski definition) is 6. The van der Waals surface area contributed by atoms with Gasteiger partial charge in [-0.05, 0) is 23.7 Å². The van der Waals surface area contributed by atoms with Gasteiger partial charge in [0.05, 0.1) is 11.7 Å². The van der Waals surface area contributed by atoms with Crippen LogP contribution in [-0.4, -0.2) is 27.0 Å². The van der Waals surface area contributed by atoms with Crippen molar-refractivity contribution in [3.8, 4) is 11.8 Å². The summed E-state index contributed by atoms with van der Waals surface area (Å²) in [4.78, 5) is 16.1. The Hall–Kier alpha value is -2.47. The number of hydrogen-bond donors (Lipinski definition) is 1. The van der Waals surface area contributed by atoms with Crippen LogP contribution in [0.4, 0.5) is 5.95 Å². The van der Waals surface area contributed by atoms with Crippen LogP contribution in [0, 0.1) is 0 Å². The van der Waals surface area contributed by atoms with Gasteiger partial charge in [0, 0.05) is 12.4 Å². The highest BCUT2D eigenvalue weighted by Gasteiger charge is 2.07. The molecular weight excluding hydrogens is 278 g/mol. The van der Waals surface area contributed by atoms with Gasteiger partial charge in [-0.15, -0.1) is 0 Å². The summed E-state index contributed by atoms with van der Waals surface area (Å²) in [5.74, 6) is 0.877. The van der Waals surface area contributed by atoms with E-state index in [2.05, 4.69) is 25.3 Å². The SMILES string of the molecule is CNc1nc(Cl)nc(Oc2cnc3ccccc3c2)n1. The summed E-state index contributed by atoms with van der Waals surface area (Å²) in [6.45, 7) is 0. The average molecular weight is 288 g/mol. The highest BCUT2D eigenvalue weighted by molar-refractivity contribution is 6.28. The van der Waals surface area contributed by atoms with Crippen molar-refractivity contribution in [3.63, 3.8) is 0 Å². The number of benzene rings is 1. The Bertz CT molecular complexity index is 765. The lowest BCUT2D eigenvalue weighted by Crippen LogP contribution is -2.01. The third kappa shape index (κ3) is 2.60. The zero-order valence-electron chi connectivity index (χ0n) is 10.5. The molecule has 1 aromatic carbocycles. The van der Waals surface area contributed by atoms with Gasteiger partial charge in [0.15, 0.2) is 0 Å². The highest BCUT2D eigenvalue weighted by atomic mass is 35.5. The van der Waals surface area contributed by atoms with Crippen molar-refractivity contribution >= 4 is 28.5 Å². The molecule has 2 aromatic heterocycles. The first-order valence-corrected chi connectivity index (χ1v) is 6.24. The number of anilines is 1. The fraction of sp³-hybridized carbons (Fsp3) is 0.0769. The molecule has 0 aliphatic heterocycles. The molecule has 1 N–H and O–H groups in total. The van der Waals surface area contributed by atoms with Gasteiger partial charge in [-0.25, -0.2) is 0 Å². The number of nitrogens with zero attached hydrogens (tertiary/aromatic N) is 4. The fourth-order valence-corrected chi connectivity index (χ4v) is 1.85. The van der Waals surface area contributed by atoms with Crippen LogP contribution in [0.3, 0.4) is 0 Å². The molecule has 6 nitrogen and oxygen atoms in total. The van der Waals surface area contributed by atoms with E-state index in [1.165, 1.54) is 0 Å². The van der Waals surface area contributed by atoms with Crippen LogP contribution in [-0.2, 0) is 0 Å². The lowest BCUT2D eigenvalue weighted by molar-refractivity contribution is 0.439. The van der Waals surface area contributed by atoms with Gasteiger partial charge in [-0.1, -0.05) is 18.2 Å². The summed E-state index contributed by atoms with van der Waals surface area (Å²) in [5.41, 5.74) is 0.893. The maximum atomic E-state index is 5.79. The minimum absolute atomic E-state index is 0.0631. The molecule has 0 radical (unpaired) electrons. The number of ether oxygens (including phenoxy) is 1. The van der Waals surface area contributed by atoms with Crippen molar-refractivity contribution in [2.45, 2.75) is 0 Å². The van der Waals surface area contributed by atoms with Crippen LogP contribution in [0.15, 0.2) is 36.5 Å². The summed E-state index contributed by atoms with van der Waals surface area (Å²) in [6, 6.07) is 9.73. The second-order valence-corrected chi connectivity index (χ2v) is 4.26. The molecule has 7 heteroatoms. The van der Waals surface area contributed by atoms with Crippen LogP contribution in [0.5, 0.6) is 11.8 Å². The largest absolute Gasteiger partial charge is 0.422 e. The Balaban J connectivity index is 1.94. The summed E-state index contributed by atoms with van der Waals surface area (Å²) in [7, 11) is 1.69. The van der Waals surface area contributed by atoms with Crippen molar-refractivity contribution in [2.75, 3.05) is 12.4 Å². The zero-order chi connectivity index (χ0) is 13.9. The zero-order valence-corrected chi connectivity index (χ0v) is 11.3. The van der Waals surface area contributed by atoms with Crippen molar-refractivity contribution in [1.29, 1.82) is 0 Å². The Morgan fingerprint density at radius 2 is 2.00 bits per heavy atom. The Kier molecular flexibility index (Phi) is 3.30. The second kappa shape index (κ2) is 5.26. The predicted octanol–water partition coefficient (Wildman–Crippen LogP) is 2.91. The lowest BCUT2D eigenvalue weighted by atomic mass is 10.2. The number of para-hydroxylation sites is 1. The minimum Gasteiger partial charge on any atom is -0.422 e. The smallest absolute Gasteiger partial charge is 0.328 e. The number of fused-ring (bicyclic) bond motifs is 1. The van der Waals surface area contributed by atoms with Crippen LogP contribution in [0.1, 0.15) is 0 Å². The normalized spacial score (nSPS) is 10.5. The number of halogens is 1. The van der Waals surface area contributed by atoms with Crippen molar-refractivity contribution in [1.82, 2.24) is 19.9 Å². The summed E-state index contributed by atoms with van der Waals surface area (Å²) < 4.78 is 5.56. The molecule has 0 fully saturated rings. The molecule has 3 rings (SSSR count). The maximum absolute atomic E-state index is 5.79. The molecular formula is C13H10ClN5O. The molecule has 0 atom stereocenters. The monoisotopic (exact) mass is 287 g/mol. The molecule has 0 unspecified atom stereocenters. The van der Waals surface area contributed by atoms with Gasteiger partial charge in [0.2, 0.25) is 11.2 Å². The van der Waals surface area contributed by atoms with E-state index < -0.39 is 0 Å². The topological polar surface area (TPSA) is 72.8 Å². The van der Waals surface area contributed by atoms with Crippen LogP contribution < -0.4 is 10.1 Å². The van der Waals surface area contributed by atoms with E-state index in [9.17, 15) is 0 Å². The molecule has 0 saturated carbocycles. The number of pyridine rings is 1. The molecule has 0 amide bonds. The van der Waals surface area contributed by atoms with Crippen molar-refractivity contribution in [3.05, 3.63) is 41.8 Å². The molecule has 100 valence electrons. The molecule has 20 heavy (non-hydrogen) atoms. The summed E-state index contributed by atoms with van der Waals surface area (Å²) in [5, 5.41) is 3.82. The van der Waals surface area contributed by atoms with E-state index in [4.69, 9.17) is 16.3 Å². The molecule has 0 aliphatic rings. The quantitative estimate of drug-likeness (QED) is 0.798. The number of aromatic nitrogens is 4. The third-order valence-corrected chi connectivity index (χ3v) is 2.75. The number of nitrogens with one attached hydrogen (secondary N) is 1. The maximum Gasteiger partial charge on any atom is 0.328 e. The van der Waals surface area contributed by atoms with Gasteiger partial charge in [0.1, 0.15) is 5.75 Å². The van der Waals surface area contributed by atoms with E-state index in [1.807, 2.05) is 30.3 Å². The molecule has 0 spiro atoms. The molecule has 0 aliphatic carbocycles. The Labute approximate surface area is 119 Å². The van der Waals surface area contributed by atoms with Gasteiger partial charge >= 0.3 is 6.01 Å². The molecule has 3 aromatic rings. The van der Waals surface area contributed by atoms with Gasteiger partial charge < -0.3 is 10.1 Å². The Morgan fingerprint density at radius 3 is 2.85 bits per heavy atom. The van der Waals surface area contributed by atoms with Crippen molar-refractivity contribution in [2.24, 2.45) is 0 Å². The standard InChI is InChI=1S/C13H10ClN5O/c1-15-12-17-11(14)18-13(19-12)20-9-6-8-4-2-3-5-10(8)16-7-9/h2-7H,1H3,(H,15,17,18,19). The molecule has 0 saturated heterocycles. The van der Waals surface area contributed by atoms with E-state index in [1.54, 1.807) is 13.2 Å². The van der Waals surface area contributed by atoms with Gasteiger partial charge in [0.25, 0.3) is 0 Å². The van der Waals surface area contributed by atoms with E-state index in [0.29, 0.717) is 11.7 Å². The van der Waals surface area contributed by atoms with E-state index in [0.717, 1.165) is 10.9 Å². The first-order valence-electron chi connectivity index (χ1n) is 5.86. The molecule has 0 bridgehead atoms. The lowest BCUT2D eigenvalue weighted by Gasteiger charge is -2.06. The van der Waals surface area contributed by atoms with Crippen LogP contribution >= 0.6 is 11.6 Å². The average Bonchev–Trinajstić information content (AvgIpc) is 2.46. The summed E-state index contributed by atoms with van der Waals surface area (Å²) >= 11 is 5.79. The van der Waals surface area contributed by atoms with Crippen LogP contribution in [0.2, 0.25) is 5.28 Å². The first kappa shape index (κ1) is 12.6. The van der Waals surface area contributed by atoms with Crippen LogP contribution in [0.25, 0.3) is 10.9 Å². The van der Waals surface area contributed by atoms with Gasteiger partial charge in [-0.3, -0.25) is 4.98 Å². The summed E-state index contributed by atoms with van der Waals surface area (Å²) in [6.07, 6.45) is 1.61. The predicted molar refractivity (Wildman–Crippen MR) is 76.2 cm³/mol. The Morgan fingerprint density at radius 1 is 1.15 bits per heavy atom. The second-order valence-electron chi connectivity index (χ2n) is 3.93.